The van der Waals surface area contributed by atoms with Crippen molar-refractivity contribution in [2.75, 3.05) is 0 Å². The Balaban J connectivity index is 0.00000216. The summed E-state index contributed by atoms with van der Waals surface area (Å²) >= 11 is -3.96. The number of allylic oxidation sites excluding steroid dienone is 2. The molecule has 0 spiro atoms. The van der Waals surface area contributed by atoms with Gasteiger partial charge in [-0.2, -0.15) is 0 Å². The molecule has 0 saturated carbocycles. The van der Waals surface area contributed by atoms with E-state index in [0.717, 1.165) is 0 Å². The van der Waals surface area contributed by atoms with Crippen LogP contribution in [0.3, 0.4) is 0 Å². The van der Waals surface area contributed by atoms with E-state index in [2.05, 4.69) is 177 Å². The van der Waals surface area contributed by atoms with Crippen LogP contribution in [0.1, 0.15) is 57.3 Å². The Kier molecular flexibility index (Phi) is 9.94. The first-order valence-corrected chi connectivity index (χ1v) is 37.4. The van der Waals surface area contributed by atoms with Crippen LogP contribution in [0.5, 0.6) is 0 Å². The van der Waals surface area contributed by atoms with E-state index in [1.165, 1.54) is 54.9 Å². The van der Waals surface area contributed by atoms with Crippen LogP contribution in [-0.2, 0) is 17.1 Å². The molecule has 4 heteroatoms. The maximum absolute atomic E-state index is 3.96. The van der Waals surface area contributed by atoms with E-state index in [4.69, 9.17) is 0 Å². The molecule has 2 unspecified atom stereocenters. The van der Waals surface area contributed by atoms with Crippen LogP contribution in [0.25, 0.3) is 56.0 Å². The fraction of sp³-hybridized carbons (Fsp3) is 0.217. The number of fused-ring (bicyclic) bond motifs is 4. The zero-order valence-corrected chi connectivity index (χ0v) is 36.7. The number of benzene rings is 6. The van der Waals surface area contributed by atoms with Crippen molar-refractivity contribution in [3.8, 4) is 22.3 Å². The van der Waals surface area contributed by atoms with E-state index >= 15 is 0 Å². The molecule has 2 aliphatic rings. The molecule has 0 bridgehead atoms. The molecule has 0 nitrogen and oxygen atoms in total. The predicted molar refractivity (Wildman–Crippen MR) is 225 cm³/mol. The van der Waals surface area contributed by atoms with E-state index < -0.39 is 17.1 Å². The van der Waals surface area contributed by atoms with Crippen LogP contribution < -0.4 is 0 Å². The Labute approximate surface area is 313 Å². The molecule has 0 amide bonds. The zero-order valence-electron chi connectivity index (χ0n) is 30.0. The average Bonchev–Trinajstić information content (AvgIpc) is 3.70. The molecule has 0 heterocycles. The third-order valence-corrected chi connectivity index (χ3v) is 36.5. The molecule has 8 rings (SSSR count). The largest absolute Gasteiger partial charge is 0.147 e. The minimum Gasteiger partial charge on any atom is -0.147 e. The summed E-state index contributed by atoms with van der Waals surface area (Å²) in [5, 5.41) is 5.28. The first-order chi connectivity index (χ1) is 23.0. The van der Waals surface area contributed by atoms with E-state index in [9.17, 15) is 0 Å². The van der Waals surface area contributed by atoms with Gasteiger partial charge in [0, 0.05) is 0 Å². The first kappa shape index (κ1) is 36.8. The first-order valence-electron chi connectivity index (χ1n) is 17.8. The fourth-order valence-corrected chi connectivity index (χ4v) is 38.2. The maximum Gasteiger partial charge on any atom is -0.147 e. The van der Waals surface area contributed by atoms with Crippen molar-refractivity contribution >= 4 is 65.5 Å². The van der Waals surface area contributed by atoms with Gasteiger partial charge in [-0.3, -0.25) is 0 Å². The van der Waals surface area contributed by atoms with Gasteiger partial charge in [-0.25, -0.2) is 0 Å². The van der Waals surface area contributed by atoms with Gasteiger partial charge >= 0.3 is 291 Å². The molecule has 0 saturated heterocycles. The van der Waals surface area contributed by atoms with Crippen LogP contribution in [0.4, 0.5) is 0 Å². The molecule has 0 aliphatic heterocycles. The van der Waals surface area contributed by atoms with Gasteiger partial charge in [-0.15, -0.1) is 24.8 Å². The molecule has 254 valence electrons. The number of hydrogen-bond donors (Lipinski definition) is 0. The molecule has 0 fully saturated rings. The summed E-state index contributed by atoms with van der Waals surface area (Å²) in [4.78, 5) is 0. The predicted octanol–water partition coefficient (Wildman–Crippen LogP) is 13.4. The molecule has 2 aliphatic carbocycles. The second-order valence-corrected chi connectivity index (χ2v) is 59.6. The standard InChI is InChI=1S/2C22H19.2CH3.2ClH.Hf.H2Si/c2*1-15(2)18-13-17-9-6-12-21(22(17)14-18)20-11-5-8-16-7-3-4-10-19(16)20;;;;;;/h2*3-15H,1-2H3;2*1H3;2*1H;;1H2. The van der Waals surface area contributed by atoms with Crippen molar-refractivity contribution in [1.82, 2.24) is 0 Å². The van der Waals surface area contributed by atoms with E-state index in [1.807, 2.05) is 0 Å². The molecule has 6 aromatic rings. The number of rotatable bonds is 6. The smallest absolute Gasteiger partial charge is 0.147 e. The van der Waals surface area contributed by atoms with Gasteiger partial charge in [0.15, 0.2) is 0 Å². The Morgan fingerprint density at radius 3 is 1.20 bits per heavy atom. The van der Waals surface area contributed by atoms with Gasteiger partial charge in [-0.1, -0.05) is 0 Å². The second kappa shape index (κ2) is 13.5. The van der Waals surface area contributed by atoms with Crippen molar-refractivity contribution in [3.05, 3.63) is 155 Å². The molecular formula is C46H48Cl2HfSi. The summed E-state index contributed by atoms with van der Waals surface area (Å²) in [5.74, 6) is 0.967. The Morgan fingerprint density at radius 2 is 0.800 bits per heavy atom. The monoisotopic (exact) mass is 878 g/mol. The van der Waals surface area contributed by atoms with Gasteiger partial charge in [-0.05, 0) is 0 Å². The molecule has 0 radical (unpaired) electrons. The minimum atomic E-state index is -3.96. The molecule has 2 atom stereocenters. The summed E-state index contributed by atoms with van der Waals surface area (Å²) < 4.78 is 6.59. The third kappa shape index (κ3) is 5.75. The summed E-state index contributed by atoms with van der Waals surface area (Å²) in [6, 6.07) is 45.7. The van der Waals surface area contributed by atoms with Gasteiger partial charge in [0.1, 0.15) is 0 Å². The van der Waals surface area contributed by atoms with Crippen LogP contribution in [0.2, 0.25) is 9.36 Å². The number of hydrogen-bond acceptors (Lipinski definition) is 0. The van der Waals surface area contributed by atoms with Crippen molar-refractivity contribution in [3.63, 3.8) is 0 Å². The fourth-order valence-electron chi connectivity index (χ4n) is 9.52. The summed E-state index contributed by atoms with van der Waals surface area (Å²) in [5.41, 5.74) is 14.8. The van der Waals surface area contributed by atoms with Gasteiger partial charge in [0.25, 0.3) is 0 Å². The zero-order chi connectivity index (χ0) is 33.4. The van der Waals surface area contributed by atoms with Crippen molar-refractivity contribution in [2.45, 2.75) is 44.4 Å². The Bertz CT molecular complexity index is 2230. The average molecular weight is 878 g/mol. The van der Waals surface area contributed by atoms with Gasteiger partial charge in [0.05, 0.1) is 0 Å². The van der Waals surface area contributed by atoms with Crippen molar-refractivity contribution in [1.29, 1.82) is 0 Å². The second-order valence-electron chi connectivity index (χ2n) is 16.1. The quantitative estimate of drug-likeness (QED) is 0.146. The molecule has 0 aromatic heterocycles. The van der Waals surface area contributed by atoms with E-state index in [-0.39, 0.29) is 24.8 Å². The molecule has 6 aromatic carbocycles. The molecule has 0 N–H and O–H groups in total. The van der Waals surface area contributed by atoms with Crippen LogP contribution >= 0.6 is 24.8 Å². The van der Waals surface area contributed by atoms with E-state index in [0.29, 0.717) is 19.2 Å². The summed E-state index contributed by atoms with van der Waals surface area (Å²) in [6.07, 6.45) is 5.25. The van der Waals surface area contributed by atoms with Crippen LogP contribution in [0, 0.1) is 11.8 Å². The normalized spacial score (nSPS) is 16.9. The Morgan fingerprint density at radius 1 is 0.460 bits per heavy atom. The topological polar surface area (TPSA) is 0 Å². The summed E-state index contributed by atoms with van der Waals surface area (Å²) in [7, 11) is 0. The number of halogens is 2. The summed E-state index contributed by atoms with van der Waals surface area (Å²) in [6.45, 7) is 12.2. The van der Waals surface area contributed by atoms with Crippen molar-refractivity contribution < 1.29 is 17.1 Å². The third-order valence-electron chi connectivity index (χ3n) is 11.6. The molecular weight excluding hydrogens is 830 g/mol. The molecule has 50 heavy (non-hydrogen) atoms. The maximum atomic E-state index is 2.80. The van der Waals surface area contributed by atoms with Gasteiger partial charge < -0.3 is 0 Å². The van der Waals surface area contributed by atoms with Crippen molar-refractivity contribution in [2.24, 2.45) is 11.8 Å². The van der Waals surface area contributed by atoms with Crippen LogP contribution in [-0.4, -0.2) is 6.94 Å². The minimum absolute atomic E-state index is 0. The van der Waals surface area contributed by atoms with E-state index in [1.54, 1.807) is 22.3 Å². The van der Waals surface area contributed by atoms with Crippen LogP contribution in [0.15, 0.2) is 132 Å². The Hall–Kier alpha value is -3.01. The van der Waals surface area contributed by atoms with Gasteiger partial charge in [0.2, 0.25) is 0 Å². The SMILES string of the molecule is CC(C)C1=Cc2c(-c3cccc4ccccc34)cccc2[CH]1[Hf]([CH3])([CH3])(=[SiH2])[CH]1C(C(C)C)=Cc2c(-c3cccc4ccccc34)cccc21.Cl.Cl.